The molecule has 0 aliphatic carbocycles. The lowest BCUT2D eigenvalue weighted by Gasteiger charge is -2.11. The maximum absolute atomic E-state index is 12.8. The van der Waals surface area contributed by atoms with E-state index in [0.29, 0.717) is 11.5 Å². The summed E-state index contributed by atoms with van der Waals surface area (Å²) in [6, 6.07) is 11.0. The van der Waals surface area contributed by atoms with Crippen molar-refractivity contribution in [3.63, 3.8) is 0 Å². The zero-order valence-corrected chi connectivity index (χ0v) is 18.6. The lowest BCUT2D eigenvalue weighted by Crippen LogP contribution is -2.16. The molecule has 9 heteroatoms. The molecule has 3 aromatic rings. The number of halogens is 1. The molecule has 3 rings (SSSR count). The number of benzene rings is 2. The summed E-state index contributed by atoms with van der Waals surface area (Å²) in [6.45, 7) is 7.83. The van der Waals surface area contributed by atoms with Gasteiger partial charge in [0.2, 0.25) is 0 Å². The fourth-order valence-electron chi connectivity index (χ4n) is 2.74. The molecule has 0 radical (unpaired) electrons. The number of aryl methyl sites for hydroxylation is 2. The van der Waals surface area contributed by atoms with Gasteiger partial charge in [0.15, 0.2) is 5.82 Å². The molecular weight excluding hydrogens is 424 g/mol. The van der Waals surface area contributed by atoms with Crippen LogP contribution in [0.15, 0.2) is 47.4 Å². The minimum Gasteiger partial charge on any atom is -0.305 e. The molecule has 1 aromatic heterocycles. The van der Waals surface area contributed by atoms with Crippen molar-refractivity contribution in [2.24, 2.45) is 0 Å². The summed E-state index contributed by atoms with van der Waals surface area (Å²) in [5.41, 5.74) is 3.37. The minimum absolute atomic E-state index is 0.0359. The summed E-state index contributed by atoms with van der Waals surface area (Å²) in [5, 5.41) is 9.66. The van der Waals surface area contributed by atoms with Crippen molar-refractivity contribution in [3.8, 4) is 0 Å². The number of sulfonamides is 1. The number of nitrogens with zero attached hydrogens (tertiary/aromatic N) is 1. The molecule has 0 spiro atoms. The molecule has 30 heavy (non-hydrogen) atoms. The SMILES string of the molecule is Cc1ccc(NS(=O)(=O)c2ccc(Cl)c(C(=O)Nc3cc(C(C)C)[nH]n3)c2)cc1C. The van der Waals surface area contributed by atoms with Crippen LogP contribution >= 0.6 is 11.6 Å². The van der Waals surface area contributed by atoms with E-state index >= 15 is 0 Å². The van der Waals surface area contributed by atoms with Gasteiger partial charge in [-0.25, -0.2) is 8.42 Å². The number of hydrogen-bond acceptors (Lipinski definition) is 4. The van der Waals surface area contributed by atoms with Gasteiger partial charge in [0, 0.05) is 17.4 Å². The molecule has 3 N–H and O–H groups in total. The van der Waals surface area contributed by atoms with Crippen LogP contribution in [0.3, 0.4) is 0 Å². The number of H-pyrrole nitrogens is 1. The van der Waals surface area contributed by atoms with E-state index in [-0.39, 0.29) is 21.4 Å². The fraction of sp³-hybridized carbons (Fsp3) is 0.238. The van der Waals surface area contributed by atoms with Gasteiger partial charge in [0.25, 0.3) is 15.9 Å². The second kappa shape index (κ2) is 8.49. The summed E-state index contributed by atoms with van der Waals surface area (Å²) in [6.07, 6.45) is 0. The molecule has 1 heterocycles. The van der Waals surface area contributed by atoms with E-state index in [1.165, 1.54) is 18.2 Å². The Bertz CT molecular complexity index is 1200. The Morgan fingerprint density at radius 1 is 1.07 bits per heavy atom. The van der Waals surface area contributed by atoms with E-state index in [9.17, 15) is 13.2 Å². The minimum atomic E-state index is -3.91. The van der Waals surface area contributed by atoms with Gasteiger partial charge in [-0.05, 0) is 61.2 Å². The van der Waals surface area contributed by atoms with Gasteiger partial charge >= 0.3 is 0 Å². The van der Waals surface area contributed by atoms with Crippen molar-refractivity contribution in [2.75, 3.05) is 10.0 Å². The van der Waals surface area contributed by atoms with Crippen molar-refractivity contribution in [2.45, 2.75) is 38.5 Å². The summed E-state index contributed by atoms with van der Waals surface area (Å²) in [4.78, 5) is 12.6. The van der Waals surface area contributed by atoms with Gasteiger partial charge in [-0.1, -0.05) is 31.5 Å². The Labute approximate surface area is 180 Å². The first-order valence-electron chi connectivity index (χ1n) is 9.33. The second-order valence-electron chi connectivity index (χ2n) is 7.36. The van der Waals surface area contributed by atoms with Crippen molar-refractivity contribution in [3.05, 3.63) is 69.9 Å². The Kier molecular flexibility index (Phi) is 6.19. The van der Waals surface area contributed by atoms with Crippen LogP contribution in [0.1, 0.15) is 46.9 Å². The van der Waals surface area contributed by atoms with Crippen LogP contribution in [-0.2, 0) is 10.0 Å². The summed E-state index contributed by atoms with van der Waals surface area (Å²) >= 11 is 6.16. The Balaban J connectivity index is 1.85. The number of carbonyl (C=O) groups excluding carboxylic acids is 1. The normalized spacial score (nSPS) is 11.5. The average molecular weight is 447 g/mol. The Morgan fingerprint density at radius 3 is 2.43 bits per heavy atom. The number of anilines is 2. The lowest BCUT2D eigenvalue weighted by atomic mass is 10.1. The molecule has 158 valence electrons. The quantitative estimate of drug-likeness (QED) is 0.503. The highest BCUT2D eigenvalue weighted by atomic mass is 35.5. The Morgan fingerprint density at radius 2 is 1.80 bits per heavy atom. The van der Waals surface area contributed by atoms with Crippen molar-refractivity contribution < 1.29 is 13.2 Å². The van der Waals surface area contributed by atoms with E-state index < -0.39 is 15.9 Å². The van der Waals surface area contributed by atoms with Crippen LogP contribution < -0.4 is 10.0 Å². The largest absolute Gasteiger partial charge is 0.305 e. The molecule has 0 bridgehead atoms. The monoisotopic (exact) mass is 446 g/mol. The van der Waals surface area contributed by atoms with Crippen molar-refractivity contribution >= 4 is 39.0 Å². The summed E-state index contributed by atoms with van der Waals surface area (Å²) in [7, 11) is -3.91. The molecule has 0 aliphatic heterocycles. The third kappa shape index (κ3) is 4.83. The molecular formula is C21H23ClN4O3S. The van der Waals surface area contributed by atoms with E-state index in [0.717, 1.165) is 16.8 Å². The first-order chi connectivity index (χ1) is 14.1. The topological polar surface area (TPSA) is 104 Å². The maximum Gasteiger partial charge on any atom is 0.261 e. The second-order valence-corrected chi connectivity index (χ2v) is 9.45. The van der Waals surface area contributed by atoms with Gasteiger partial charge < -0.3 is 5.32 Å². The highest BCUT2D eigenvalue weighted by Gasteiger charge is 2.20. The van der Waals surface area contributed by atoms with Crippen LogP contribution in [-0.4, -0.2) is 24.5 Å². The van der Waals surface area contributed by atoms with E-state index in [1.807, 2.05) is 33.8 Å². The highest BCUT2D eigenvalue weighted by Crippen LogP contribution is 2.24. The van der Waals surface area contributed by atoms with Crippen LogP contribution in [0, 0.1) is 13.8 Å². The number of carbonyl (C=O) groups is 1. The zero-order chi connectivity index (χ0) is 22.1. The van der Waals surface area contributed by atoms with Gasteiger partial charge in [-0.2, -0.15) is 5.10 Å². The standard InChI is InChI=1S/C21H23ClN4O3S/c1-12(2)19-11-20(25-24-19)23-21(27)17-10-16(7-8-18(17)22)30(28,29)26-15-6-5-13(3)14(4)9-15/h5-12,26H,1-4H3,(H2,23,24,25,27). The van der Waals surface area contributed by atoms with Crippen molar-refractivity contribution in [1.29, 1.82) is 0 Å². The molecule has 1 amide bonds. The highest BCUT2D eigenvalue weighted by molar-refractivity contribution is 7.92. The molecule has 0 saturated heterocycles. The fourth-order valence-corrected chi connectivity index (χ4v) is 4.02. The van der Waals surface area contributed by atoms with Crippen LogP contribution in [0.25, 0.3) is 0 Å². The lowest BCUT2D eigenvalue weighted by molar-refractivity contribution is 0.102. The first kappa shape index (κ1) is 21.9. The molecule has 0 fully saturated rings. The Hall–Kier alpha value is -2.84. The molecule has 0 atom stereocenters. The van der Waals surface area contributed by atoms with Crippen LogP contribution in [0.2, 0.25) is 5.02 Å². The summed E-state index contributed by atoms with van der Waals surface area (Å²) < 4.78 is 28.2. The number of amides is 1. The van der Waals surface area contributed by atoms with Crippen LogP contribution in [0.5, 0.6) is 0 Å². The maximum atomic E-state index is 12.8. The van der Waals surface area contributed by atoms with Gasteiger partial charge in [0.1, 0.15) is 0 Å². The number of aromatic nitrogens is 2. The van der Waals surface area contributed by atoms with Crippen molar-refractivity contribution in [1.82, 2.24) is 10.2 Å². The molecule has 0 aliphatic rings. The number of rotatable bonds is 6. The number of hydrogen-bond donors (Lipinski definition) is 3. The number of nitrogens with one attached hydrogen (secondary N) is 3. The summed E-state index contributed by atoms with van der Waals surface area (Å²) in [5.74, 6) is 0.00279. The molecule has 7 nitrogen and oxygen atoms in total. The predicted octanol–water partition coefficient (Wildman–Crippen LogP) is 4.86. The third-order valence-electron chi connectivity index (χ3n) is 4.71. The van der Waals surface area contributed by atoms with E-state index in [2.05, 4.69) is 20.2 Å². The van der Waals surface area contributed by atoms with Crippen LogP contribution in [0.4, 0.5) is 11.5 Å². The van der Waals surface area contributed by atoms with E-state index in [4.69, 9.17) is 11.6 Å². The smallest absolute Gasteiger partial charge is 0.261 e. The zero-order valence-electron chi connectivity index (χ0n) is 17.1. The molecule has 0 saturated carbocycles. The van der Waals surface area contributed by atoms with E-state index in [1.54, 1.807) is 18.2 Å². The number of aromatic amines is 1. The molecule has 2 aromatic carbocycles. The first-order valence-corrected chi connectivity index (χ1v) is 11.2. The third-order valence-corrected chi connectivity index (χ3v) is 6.42. The molecule has 0 unspecified atom stereocenters. The average Bonchev–Trinajstić information content (AvgIpc) is 3.13. The predicted molar refractivity (Wildman–Crippen MR) is 119 cm³/mol. The van der Waals surface area contributed by atoms with Gasteiger partial charge in [0.05, 0.1) is 15.5 Å². The van der Waals surface area contributed by atoms with Gasteiger partial charge in [-0.15, -0.1) is 0 Å². The van der Waals surface area contributed by atoms with Gasteiger partial charge in [-0.3, -0.25) is 14.6 Å².